The molecule has 0 radical (unpaired) electrons. The summed E-state index contributed by atoms with van der Waals surface area (Å²) >= 11 is 1.38. The van der Waals surface area contributed by atoms with Crippen LogP contribution in [0.25, 0.3) is 10.9 Å². The molecule has 1 aromatic carbocycles. The Morgan fingerprint density at radius 2 is 1.81 bits per heavy atom. The highest BCUT2D eigenvalue weighted by molar-refractivity contribution is 7.99. The van der Waals surface area contributed by atoms with Crippen LogP contribution >= 0.6 is 11.8 Å². The summed E-state index contributed by atoms with van der Waals surface area (Å²) in [4.78, 5) is 16.8. The number of para-hydroxylation sites is 1. The average molecular weight is 300 g/mol. The molecular weight excluding hydrogens is 288 g/mol. The van der Waals surface area contributed by atoms with E-state index < -0.39 is 0 Å². The molecule has 0 atom stereocenters. The van der Waals surface area contributed by atoms with Crippen molar-refractivity contribution in [2.75, 3.05) is 12.5 Å². The van der Waals surface area contributed by atoms with Crippen molar-refractivity contribution >= 4 is 28.5 Å². The summed E-state index contributed by atoms with van der Waals surface area (Å²) in [6.45, 7) is 0. The van der Waals surface area contributed by atoms with Crippen LogP contribution in [0.3, 0.4) is 0 Å². The van der Waals surface area contributed by atoms with Crippen molar-refractivity contribution in [2.45, 2.75) is 10.1 Å². The summed E-state index contributed by atoms with van der Waals surface area (Å²) in [7, 11) is 1.54. The molecule has 3 N–H and O–H groups in total. The van der Waals surface area contributed by atoms with Gasteiger partial charge in [0.25, 0.3) is 0 Å². The second-order valence-electron chi connectivity index (χ2n) is 4.00. The zero-order valence-corrected chi connectivity index (χ0v) is 12.0. The number of fused-ring (bicyclic) bond motifs is 1. The standard InChI is InChI=1S/C13H12N6OS/c1-20-10-11(19-14)16-7-18-13(10)21-12-8-4-2-3-5-9(8)15-6-17-12/h2-7H,14H2,1H3,(H,16,18,19). The highest BCUT2D eigenvalue weighted by Crippen LogP contribution is 2.37. The first-order valence-corrected chi connectivity index (χ1v) is 6.88. The molecule has 0 spiro atoms. The number of hydrogen-bond donors (Lipinski definition) is 2. The molecule has 0 unspecified atom stereocenters. The minimum Gasteiger partial charge on any atom is -0.490 e. The molecule has 0 saturated carbocycles. The third-order valence-electron chi connectivity index (χ3n) is 2.81. The maximum absolute atomic E-state index is 5.42. The van der Waals surface area contributed by atoms with Crippen molar-refractivity contribution in [1.29, 1.82) is 0 Å². The molecule has 8 heteroatoms. The summed E-state index contributed by atoms with van der Waals surface area (Å²) in [6, 6.07) is 7.78. The SMILES string of the molecule is COc1c(NN)ncnc1Sc1ncnc2ccccc12. The molecule has 0 aliphatic rings. The van der Waals surface area contributed by atoms with Crippen molar-refractivity contribution in [2.24, 2.45) is 5.84 Å². The van der Waals surface area contributed by atoms with Crippen LogP contribution < -0.4 is 16.0 Å². The fraction of sp³-hybridized carbons (Fsp3) is 0.0769. The molecule has 3 aromatic rings. The van der Waals surface area contributed by atoms with Gasteiger partial charge in [-0.3, -0.25) is 0 Å². The van der Waals surface area contributed by atoms with Crippen molar-refractivity contribution in [1.82, 2.24) is 19.9 Å². The van der Waals surface area contributed by atoms with Gasteiger partial charge in [-0.15, -0.1) is 0 Å². The summed E-state index contributed by atoms with van der Waals surface area (Å²) in [5.41, 5.74) is 3.36. The molecule has 21 heavy (non-hydrogen) atoms. The van der Waals surface area contributed by atoms with E-state index in [2.05, 4.69) is 25.4 Å². The number of nitrogens with zero attached hydrogens (tertiary/aromatic N) is 4. The van der Waals surface area contributed by atoms with E-state index in [4.69, 9.17) is 10.6 Å². The van der Waals surface area contributed by atoms with Crippen LogP contribution in [0, 0.1) is 0 Å². The first kappa shape index (κ1) is 13.5. The van der Waals surface area contributed by atoms with Gasteiger partial charge in [-0.05, 0) is 17.8 Å². The molecule has 106 valence electrons. The Hall–Kier alpha value is -2.45. The van der Waals surface area contributed by atoms with Gasteiger partial charge in [-0.1, -0.05) is 18.2 Å². The Morgan fingerprint density at radius 1 is 1.05 bits per heavy atom. The van der Waals surface area contributed by atoms with Gasteiger partial charge >= 0.3 is 0 Å². The summed E-state index contributed by atoms with van der Waals surface area (Å²) in [5, 5.41) is 2.37. The first-order valence-electron chi connectivity index (χ1n) is 6.06. The number of ether oxygens (including phenoxy) is 1. The highest BCUT2D eigenvalue weighted by Gasteiger charge is 2.14. The second kappa shape index (κ2) is 5.90. The van der Waals surface area contributed by atoms with Gasteiger partial charge < -0.3 is 10.2 Å². The molecule has 0 aliphatic heterocycles. The summed E-state index contributed by atoms with van der Waals surface area (Å²) in [5.74, 6) is 6.33. The summed E-state index contributed by atoms with van der Waals surface area (Å²) in [6.07, 6.45) is 2.95. The van der Waals surface area contributed by atoms with Crippen LogP contribution in [0.5, 0.6) is 5.75 Å². The van der Waals surface area contributed by atoms with E-state index in [1.807, 2.05) is 24.3 Å². The lowest BCUT2D eigenvalue weighted by molar-refractivity contribution is 0.400. The molecule has 3 rings (SSSR count). The van der Waals surface area contributed by atoms with Gasteiger partial charge in [0.15, 0.2) is 16.6 Å². The Labute approximate surface area is 125 Å². The van der Waals surface area contributed by atoms with Gasteiger partial charge in [-0.2, -0.15) is 0 Å². The largest absolute Gasteiger partial charge is 0.490 e. The van der Waals surface area contributed by atoms with Gasteiger partial charge in [0.2, 0.25) is 0 Å². The lowest BCUT2D eigenvalue weighted by Crippen LogP contribution is -2.10. The number of methoxy groups -OCH3 is 1. The number of anilines is 1. The molecule has 2 heterocycles. The van der Waals surface area contributed by atoms with E-state index in [1.54, 1.807) is 7.11 Å². The quantitative estimate of drug-likeness (QED) is 0.428. The van der Waals surface area contributed by atoms with E-state index in [-0.39, 0.29) is 0 Å². The maximum Gasteiger partial charge on any atom is 0.195 e. The number of nitrogens with one attached hydrogen (secondary N) is 1. The number of hydrazine groups is 1. The molecule has 0 bridgehead atoms. The highest BCUT2D eigenvalue weighted by atomic mass is 32.2. The van der Waals surface area contributed by atoms with Crippen LogP contribution in [0.1, 0.15) is 0 Å². The lowest BCUT2D eigenvalue weighted by atomic mass is 10.2. The molecule has 2 aromatic heterocycles. The zero-order valence-electron chi connectivity index (χ0n) is 11.1. The van der Waals surface area contributed by atoms with E-state index in [1.165, 1.54) is 24.4 Å². The minimum atomic E-state index is 0.424. The fourth-order valence-corrected chi connectivity index (χ4v) is 2.81. The van der Waals surface area contributed by atoms with Crippen LogP contribution in [-0.4, -0.2) is 27.0 Å². The van der Waals surface area contributed by atoms with Gasteiger partial charge in [0, 0.05) is 5.39 Å². The first-order chi connectivity index (χ1) is 10.3. The smallest absolute Gasteiger partial charge is 0.195 e. The third-order valence-corrected chi connectivity index (χ3v) is 3.81. The monoisotopic (exact) mass is 300 g/mol. The Bertz CT molecular complexity index is 776. The lowest BCUT2D eigenvalue weighted by Gasteiger charge is -2.10. The normalized spacial score (nSPS) is 10.6. The maximum atomic E-state index is 5.42. The minimum absolute atomic E-state index is 0.424. The van der Waals surface area contributed by atoms with Crippen molar-refractivity contribution in [3.63, 3.8) is 0 Å². The third kappa shape index (κ3) is 2.58. The Kier molecular flexibility index (Phi) is 3.80. The van der Waals surface area contributed by atoms with Gasteiger partial charge in [-0.25, -0.2) is 25.8 Å². The van der Waals surface area contributed by atoms with Crippen molar-refractivity contribution in [3.8, 4) is 5.75 Å². The zero-order chi connectivity index (χ0) is 14.7. The molecule has 0 saturated heterocycles. The topological polar surface area (TPSA) is 98.8 Å². The Morgan fingerprint density at radius 3 is 2.62 bits per heavy atom. The van der Waals surface area contributed by atoms with E-state index in [0.717, 1.165) is 15.9 Å². The molecule has 0 aliphatic carbocycles. The number of aromatic nitrogens is 4. The van der Waals surface area contributed by atoms with Crippen LogP contribution in [0.15, 0.2) is 47.0 Å². The fourth-order valence-electron chi connectivity index (χ4n) is 1.87. The van der Waals surface area contributed by atoms with Crippen LogP contribution in [-0.2, 0) is 0 Å². The predicted octanol–water partition coefficient (Wildman–Crippen LogP) is 1.87. The number of nitrogen functional groups attached to an aromatic ring is 1. The van der Waals surface area contributed by atoms with E-state index in [0.29, 0.717) is 16.6 Å². The van der Waals surface area contributed by atoms with Crippen LogP contribution in [0.4, 0.5) is 5.82 Å². The summed E-state index contributed by atoms with van der Waals surface area (Å²) < 4.78 is 5.32. The van der Waals surface area contributed by atoms with Crippen LogP contribution in [0.2, 0.25) is 0 Å². The van der Waals surface area contributed by atoms with Crippen molar-refractivity contribution < 1.29 is 4.74 Å². The van der Waals surface area contributed by atoms with Gasteiger partial charge in [0.05, 0.1) is 12.6 Å². The van der Waals surface area contributed by atoms with Gasteiger partial charge in [0.1, 0.15) is 17.7 Å². The molecular formula is C13H12N6OS. The average Bonchev–Trinajstić information content (AvgIpc) is 2.55. The second-order valence-corrected chi connectivity index (χ2v) is 4.98. The number of rotatable bonds is 4. The number of hydrogen-bond acceptors (Lipinski definition) is 8. The Balaban J connectivity index is 2.07. The molecule has 0 fully saturated rings. The van der Waals surface area contributed by atoms with E-state index in [9.17, 15) is 0 Å². The van der Waals surface area contributed by atoms with Crippen molar-refractivity contribution in [3.05, 3.63) is 36.9 Å². The number of nitrogens with two attached hydrogens (primary N) is 1. The molecule has 7 nitrogen and oxygen atoms in total. The molecule has 0 amide bonds. The van der Waals surface area contributed by atoms with E-state index >= 15 is 0 Å². The number of benzene rings is 1. The predicted molar refractivity (Wildman–Crippen MR) is 80.1 cm³/mol.